The van der Waals surface area contributed by atoms with Crippen LogP contribution in [0.5, 0.6) is 11.5 Å². The van der Waals surface area contributed by atoms with Crippen molar-refractivity contribution in [3.8, 4) is 11.5 Å². The molecule has 168 valence electrons. The van der Waals surface area contributed by atoms with Crippen molar-refractivity contribution < 1.29 is 9.84 Å². The summed E-state index contributed by atoms with van der Waals surface area (Å²) >= 11 is 0. The molecule has 0 saturated carbocycles. The van der Waals surface area contributed by atoms with E-state index >= 15 is 0 Å². The predicted molar refractivity (Wildman–Crippen MR) is 127 cm³/mol. The summed E-state index contributed by atoms with van der Waals surface area (Å²) < 4.78 is 5.40. The van der Waals surface area contributed by atoms with Gasteiger partial charge in [0.1, 0.15) is 11.5 Å². The van der Waals surface area contributed by atoms with Crippen LogP contribution in [0, 0.1) is 23.7 Å². The van der Waals surface area contributed by atoms with E-state index in [2.05, 4.69) is 34.6 Å². The standard InChI is InChI=1S/C27H48O2/c1-21(2)10-7-11-22(3)12-8-13-23(4)14-9-15-24(5)16-17-25-18-19-26(28)20-27(25)29-6/h18-24,28H,7-17H2,1-6H3. The third kappa shape index (κ3) is 12.2. The second-order valence-electron chi connectivity index (χ2n) is 10.0. The van der Waals surface area contributed by atoms with Crippen molar-refractivity contribution in [2.24, 2.45) is 23.7 Å². The van der Waals surface area contributed by atoms with Crippen LogP contribution in [-0.4, -0.2) is 12.2 Å². The van der Waals surface area contributed by atoms with E-state index in [1.165, 1.54) is 69.8 Å². The van der Waals surface area contributed by atoms with Crippen molar-refractivity contribution in [2.45, 2.75) is 105 Å². The van der Waals surface area contributed by atoms with Gasteiger partial charge >= 0.3 is 0 Å². The van der Waals surface area contributed by atoms with Crippen LogP contribution in [0.15, 0.2) is 18.2 Å². The molecule has 29 heavy (non-hydrogen) atoms. The second-order valence-corrected chi connectivity index (χ2v) is 10.0. The highest BCUT2D eigenvalue weighted by molar-refractivity contribution is 5.40. The Morgan fingerprint density at radius 1 is 0.724 bits per heavy atom. The highest BCUT2D eigenvalue weighted by Crippen LogP contribution is 2.27. The summed E-state index contributed by atoms with van der Waals surface area (Å²) in [5.74, 6) is 4.44. The van der Waals surface area contributed by atoms with Crippen molar-refractivity contribution >= 4 is 0 Å². The minimum absolute atomic E-state index is 0.276. The lowest BCUT2D eigenvalue weighted by atomic mass is 9.90. The Balaban J connectivity index is 2.12. The first kappa shape index (κ1) is 25.9. The van der Waals surface area contributed by atoms with Gasteiger partial charge in [-0.15, -0.1) is 0 Å². The molecule has 2 nitrogen and oxygen atoms in total. The first-order valence-electron chi connectivity index (χ1n) is 12.2. The number of ether oxygens (including phenoxy) is 1. The van der Waals surface area contributed by atoms with Crippen molar-refractivity contribution in [3.05, 3.63) is 23.8 Å². The molecule has 2 heteroatoms. The normalized spacial score (nSPS) is 14.7. The number of phenolic OH excluding ortho intramolecular Hbond substituents is 1. The zero-order valence-corrected chi connectivity index (χ0v) is 20.2. The van der Waals surface area contributed by atoms with Gasteiger partial charge in [0.25, 0.3) is 0 Å². The van der Waals surface area contributed by atoms with Crippen molar-refractivity contribution in [3.63, 3.8) is 0 Å². The van der Waals surface area contributed by atoms with Gasteiger partial charge in [-0.3, -0.25) is 0 Å². The van der Waals surface area contributed by atoms with Crippen LogP contribution in [0.4, 0.5) is 0 Å². The molecule has 0 aliphatic heterocycles. The Morgan fingerprint density at radius 2 is 1.21 bits per heavy atom. The van der Waals surface area contributed by atoms with Crippen LogP contribution in [0.25, 0.3) is 0 Å². The summed E-state index contributed by atoms with van der Waals surface area (Å²) in [6.07, 6.45) is 14.7. The number of rotatable bonds is 16. The zero-order chi connectivity index (χ0) is 21.6. The number of aryl methyl sites for hydroxylation is 1. The maximum atomic E-state index is 9.58. The highest BCUT2D eigenvalue weighted by Gasteiger charge is 2.10. The molecule has 0 amide bonds. The maximum Gasteiger partial charge on any atom is 0.125 e. The van der Waals surface area contributed by atoms with Crippen LogP contribution in [0.3, 0.4) is 0 Å². The molecule has 0 aliphatic carbocycles. The number of hydrogen-bond donors (Lipinski definition) is 1. The van der Waals surface area contributed by atoms with Crippen molar-refractivity contribution in [2.75, 3.05) is 7.11 Å². The largest absolute Gasteiger partial charge is 0.508 e. The molecule has 0 aliphatic rings. The van der Waals surface area contributed by atoms with Gasteiger partial charge in [-0.2, -0.15) is 0 Å². The summed E-state index contributed by atoms with van der Waals surface area (Å²) in [5, 5.41) is 9.58. The molecule has 0 heterocycles. The molecular formula is C27H48O2. The Labute approximate surface area is 181 Å². The average molecular weight is 405 g/mol. The molecule has 3 atom stereocenters. The van der Waals surface area contributed by atoms with Gasteiger partial charge < -0.3 is 9.84 Å². The maximum absolute atomic E-state index is 9.58. The predicted octanol–water partition coefficient (Wildman–Crippen LogP) is 8.41. The minimum Gasteiger partial charge on any atom is -0.508 e. The molecule has 0 fully saturated rings. The highest BCUT2D eigenvalue weighted by atomic mass is 16.5. The molecule has 1 rings (SSSR count). The van der Waals surface area contributed by atoms with E-state index in [1.54, 1.807) is 19.2 Å². The summed E-state index contributed by atoms with van der Waals surface area (Å²) in [6.45, 7) is 11.9. The molecule has 0 bridgehead atoms. The zero-order valence-electron chi connectivity index (χ0n) is 20.2. The van der Waals surface area contributed by atoms with Gasteiger partial charge in [0.05, 0.1) is 7.11 Å². The topological polar surface area (TPSA) is 29.5 Å². The van der Waals surface area contributed by atoms with E-state index in [0.29, 0.717) is 0 Å². The van der Waals surface area contributed by atoms with E-state index in [9.17, 15) is 5.11 Å². The van der Waals surface area contributed by atoms with Crippen molar-refractivity contribution in [1.82, 2.24) is 0 Å². The summed E-state index contributed by atoms with van der Waals surface area (Å²) in [4.78, 5) is 0. The van der Waals surface area contributed by atoms with Gasteiger partial charge in [-0.05, 0) is 48.1 Å². The van der Waals surface area contributed by atoms with Crippen LogP contribution >= 0.6 is 0 Å². The van der Waals surface area contributed by atoms with Crippen LogP contribution in [0.1, 0.15) is 104 Å². The number of hydrogen-bond acceptors (Lipinski definition) is 2. The monoisotopic (exact) mass is 404 g/mol. The lowest BCUT2D eigenvalue weighted by Gasteiger charge is -2.16. The van der Waals surface area contributed by atoms with Gasteiger partial charge in [-0.1, -0.05) is 98.5 Å². The van der Waals surface area contributed by atoms with Crippen molar-refractivity contribution in [1.29, 1.82) is 0 Å². The third-order valence-corrected chi connectivity index (χ3v) is 6.44. The minimum atomic E-state index is 0.276. The van der Waals surface area contributed by atoms with Crippen LogP contribution < -0.4 is 4.74 Å². The van der Waals surface area contributed by atoms with Crippen LogP contribution in [0.2, 0.25) is 0 Å². The molecule has 3 unspecified atom stereocenters. The first-order valence-corrected chi connectivity index (χ1v) is 12.2. The molecule has 0 spiro atoms. The SMILES string of the molecule is COc1cc(O)ccc1CCC(C)CCCC(C)CCCC(C)CCCC(C)C. The third-order valence-electron chi connectivity index (χ3n) is 6.44. The fourth-order valence-corrected chi connectivity index (χ4v) is 4.28. The Kier molecular flexibility index (Phi) is 13.1. The fourth-order valence-electron chi connectivity index (χ4n) is 4.28. The Bertz CT molecular complexity index is 537. The summed E-state index contributed by atoms with van der Waals surface area (Å²) in [6, 6.07) is 5.47. The van der Waals surface area contributed by atoms with Gasteiger partial charge in [-0.25, -0.2) is 0 Å². The van der Waals surface area contributed by atoms with Gasteiger partial charge in [0, 0.05) is 6.07 Å². The smallest absolute Gasteiger partial charge is 0.125 e. The van der Waals surface area contributed by atoms with E-state index in [4.69, 9.17) is 4.74 Å². The molecule has 0 radical (unpaired) electrons. The number of methoxy groups -OCH3 is 1. The average Bonchev–Trinajstić information content (AvgIpc) is 2.66. The molecule has 1 aromatic rings. The Morgan fingerprint density at radius 3 is 1.69 bits per heavy atom. The number of aromatic hydroxyl groups is 1. The van der Waals surface area contributed by atoms with Crippen LogP contribution in [-0.2, 0) is 6.42 Å². The summed E-state index contributed by atoms with van der Waals surface area (Å²) in [5.41, 5.74) is 1.20. The summed E-state index contributed by atoms with van der Waals surface area (Å²) in [7, 11) is 1.68. The lowest BCUT2D eigenvalue weighted by Crippen LogP contribution is -2.02. The van der Waals surface area contributed by atoms with E-state index in [0.717, 1.165) is 35.8 Å². The Hall–Kier alpha value is -1.18. The van der Waals surface area contributed by atoms with Gasteiger partial charge in [0.2, 0.25) is 0 Å². The molecule has 0 saturated heterocycles. The lowest BCUT2D eigenvalue weighted by molar-refractivity contribution is 0.373. The fraction of sp³-hybridized carbons (Fsp3) is 0.778. The van der Waals surface area contributed by atoms with E-state index in [1.807, 2.05) is 6.07 Å². The molecule has 1 N–H and O–H groups in total. The quantitative estimate of drug-likeness (QED) is 0.299. The second kappa shape index (κ2) is 14.7. The molecule has 0 aromatic heterocycles. The van der Waals surface area contributed by atoms with E-state index in [-0.39, 0.29) is 5.75 Å². The first-order chi connectivity index (χ1) is 13.8. The number of benzene rings is 1. The molecule has 1 aromatic carbocycles. The molecular weight excluding hydrogens is 356 g/mol. The van der Waals surface area contributed by atoms with E-state index < -0.39 is 0 Å². The number of phenols is 1. The van der Waals surface area contributed by atoms with Gasteiger partial charge in [0.15, 0.2) is 0 Å².